The molecule has 25 heavy (non-hydrogen) atoms. The van der Waals surface area contributed by atoms with Crippen molar-refractivity contribution in [3.05, 3.63) is 89.2 Å². The van der Waals surface area contributed by atoms with Crippen LogP contribution in [0.3, 0.4) is 0 Å². The van der Waals surface area contributed by atoms with Crippen LogP contribution in [0, 0.1) is 11.8 Å². The van der Waals surface area contributed by atoms with Gasteiger partial charge in [-0.05, 0) is 29.7 Å². The summed E-state index contributed by atoms with van der Waals surface area (Å²) in [4.78, 5) is 0. The minimum absolute atomic E-state index is 0.285. The Morgan fingerprint density at radius 1 is 1.28 bits per heavy atom. The van der Waals surface area contributed by atoms with Gasteiger partial charge in [-0.2, -0.15) is 0 Å². The first-order chi connectivity index (χ1) is 12.2. The first-order valence-corrected chi connectivity index (χ1v) is 8.94. The molecular weight excluding hydrogens is 302 g/mol. The van der Waals surface area contributed by atoms with Crippen LogP contribution in [0.15, 0.2) is 78.1 Å². The van der Waals surface area contributed by atoms with E-state index in [1.165, 1.54) is 28.0 Å². The quantitative estimate of drug-likeness (QED) is 0.721. The third-order valence-electron chi connectivity index (χ3n) is 4.56. The van der Waals surface area contributed by atoms with Crippen LogP contribution in [0.2, 0.25) is 0 Å². The lowest BCUT2D eigenvalue weighted by Gasteiger charge is -2.10. The molecule has 0 spiro atoms. The normalized spacial score (nSPS) is 19.9. The topological polar surface area (TPSA) is 12.0 Å². The second-order valence-corrected chi connectivity index (χ2v) is 6.47. The monoisotopic (exact) mass is 327 g/mol. The van der Waals surface area contributed by atoms with E-state index >= 15 is 0 Å². The summed E-state index contributed by atoms with van der Waals surface area (Å²) in [6.45, 7) is 9.08. The molecule has 1 aromatic carbocycles. The fraction of sp³-hybridized carbons (Fsp3) is 0.250. The summed E-state index contributed by atoms with van der Waals surface area (Å²) in [5, 5.41) is 3.50. The zero-order valence-electron chi connectivity index (χ0n) is 15.1. The SMILES string of the molecule is C=C(C)c1cccc(C2C=CC3=C(C=C2)/C(=C/CC#CCC)CN3)c1. The Labute approximate surface area is 151 Å². The zero-order chi connectivity index (χ0) is 17.6. The number of nitrogens with one attached hydrogen (secondary N) is 1. The summed E-state index contributed by atoms with van der Waals surface area (Å²) >= 11 is 0. The van der Waals surface area contributed by atoms with E-state index < -0.39 is 0 Å². The standard InChI is InChI=1S/C24H25N/c1-4-5-6-7-9-22-17-25-24-15-13-19(12-14-23(22)24)21-11-8-10-20(16-21)18(2)3/h8-16,19,25H,2,4,7,17H2,1,3H3/b22-9+. The number of hydrogen-bond acceptors (Lipinski definition) is 1. The lowest BCUT2D eigenvalue weighted by molar-refractivity contribution is 0.956. The molecule has 3 rings (SSSR count). The molecule has 1 N–H and O–H groups in total. The number of benzene rings is 1. The summed E-state index contributed by atoms with van der Waals surface area (Å²) in [7, 11) is 0. The minimum Gasteiger partial charge on any atom is -0.380 e. The predicted octanol–water partition coefficient (Wildman–Crippen LogP) is 5.52. The van der Waals surface area contributed by atoms with Gasteiger partial charge in [0.1, 0.15) is 0 Å². The Balaban J connectivity index is 1.81. The largest absolute Gasteiger partial charge is 0.380 e. The van der Waals surface area contributed by atoms with E-state index in [2.05, 4.69) is 92.2 Å². The van der Waals surface area contributed by atoms with Gasteiger partial charge in [0.2, 0.25) is 0 Å². The van der Waals surface area contributed by atoms with Crippen molar-refractivity contribution in [2.24, 2.45) is 0 Å². The Morgan fingerprint density at radius 2 is 2.12 bits per heavy atom. The molecule has 1 aromatic rings. The molecule has 1 unspecified atom stereocenters. The van der Waals surface area contributed by atoms with Crippen LogP contribution in [0.25, 0.3) is 5.57 Å². The molecule has 1 atom stereocenters. The fourth-order valence-corrected chi connectivity index (χ4v) is 3.15. The van der Waals surface area contributed by atoms with Crippen LogP contribution in [0.4, 0.5) is 0 Å². The molecule has 0 amide bonds. The van der Waals surface area contributed by atoms with Crippen LogP contribution in [-0.4, -0.2) is 6.54 Å². The molecule has 0 bridgehead atoms. The lowest BCUT2D eigenvalue weighted by atomic mass is 9.95. The highest BCUT2D eigenvalue weighted by atomic mass is 14.9. The van der Waals surface area contributed by atoms with Gasteiger partial charge in [-0.1, -0.05) is 73.6 Å². The van der Waals surface area contributed by atoms with E-state index in [1.807, 2.05) is 0 Å². The highest BCUT2D eigenvalue weighted by Gasteiger charge is 2.18. The van der Waals surface area contributed by atoms with Crippen molar-refractivity contribution in [1.82, 2.24) is 5.32 Å². The Bertz CT molecular complexity index is 850. The van der Waals surface area contributed by atoms with Crippen molar-refractivity contribution in [3.63, 3.8) is 0 Å². The van der Waals surface area contributed by atoms with Gasteiger partial charge in [0.25, 0.3) is 0 Å². The molecule has 2 aliphatic rings. The van der Waals surface area contributed by atoms with Crippen molar-refractivity contribution in [3.8, 4) is 11.8 Å². The van der Waals surface area contributed by atoms with Crippen LogP contribution in [-0.2, 0) is 0 Å². The summed E-state index contributed by atoms with van der Waals surface area (Å²) < 4.78 is 0. The third-order valence-corrected chi connectivity index (χ3v) is 4.56. The van der Waals surface area contributed by atoms with Gasteiger partial charge in [0.15, 0.2) is 0 Å². The van der Waals surface area contributed by atoms with E-state index in [4.69, 9.17) is 0 Å². The predicted molar refractivity (Wildman–Crippen MR) is 108 cm³/mol. The van der Waals surface area contributed by atoms with Gasteiger partial charge in [0, 0.05) is 36.6 Å². The van der Waals surface area contributed by atoms with Crippen LogP contribution >= 0.6 is 0 Å². The Kier molecular flexibility index (Phi) is 5.41. The number of hydrogen-bond donors (Lipinski definition) is 1. The Hall–Kier alpha value is -2.72. The van der Waals surface area contributed by atoms with Crippen molar-refractivity contribution < 1.29 is 0 Å². The first kappa shape index (κ1) is 17.1. The van der Waals surface area contributed by atoms with Crippen LogP contribution in [0.1, 0.15) is 43.7 Å². The number of allylic oxidation sites excluding steroid dienone is 6. The smallest absolute Gasteiger partial charge is 0.0416 e. The van der Waals surface area contributed by atoms with Gasteiger partial charge < -0.3 is 5.32 Å². The van der Waals surface area contributed by atoms with E-state index in [-0.39, 0.29) is 5.92 Å². The third kappa shape index (κ3) is 4.03. The fourth-order valence-electron chi connectivity index (χ4n) is 3.15. The van der Waals surface area contributed by atoms with Gasteiger partial charge in [-0.25, -0.2) is 0 Å². The van der Waals surface area contributed by atoms with Crippen LogP contribution < -0.4 is 5.32 Å². The maximum absolute atomic E-state index is 4.06. The highest BCUT2D eigenvalue weighted by molar-refractivity contribution is 5.62. The van der Waals surface area contributed by atoms with E-state index in [0.717, 1.165) is 25.0 Å². The van der Waals surface area contributed by atoms with E-state index in [9.17, 15) is 0 Å². The maximum Gasteiger partial charge on any atom is 0.0416 e. The molecule has 1 aliphatic heterocycles. The van der Waals surface area contributed by atoms with Gasteiger partial charge >= 0.3 is 0 Å². The van der Waals surface area contributed by atoms with Crippen LogP contribution in [0.5, 0.6) is 0 Å². The second kappa shape index (κ2) is 7.90. The summed E-state index contributed by atoms with van der Waals surface area (Å²) in [6.07, 6.45) is 13.0. The molecule has 1 aliphatic carbocycles. The number of rotatable bonds is 3. The summed E-state index contributed by atoms with van der Waals surface area (Å²) in [5.41, 5.74) is 7.46. The molecule has 0 saturated carbocycles. The first-order valence-electron chi connectivity index (χ1n) is 8.94. The molecule has 1 heterocycles. The van der Waals surface area contributed by atoms with Crippen molar-refractivity contribution in [1.29, 1.82) is 0 Å². The molecule has 0 saturated heterocycles. The molecule has 1 heteroatoms. The van der Waals surface area contributed by atoms with Crippen molar-refractivity contribution in [2.75, 3.05) is 6.54 Å². The average molecular weight is 327 g/mol. The summed E-state index contributed by atoms with van der Waals surface area (Å²) in [5.74, 6) is 6.61. The molecular formula is C24H25N. The average Bonchev–Trinajstić information content (AvgIpc) is 2.88. The van der Waals surface area contributed by atoms with Crippen molar-refractivity contribution >= 4 is 5.57 Å². The molecule has 0 radical (unpaired) electrons. The molecule has 0 fully saturated rings. The van der Waals surface area contributed by atoms with Gasteiger partial charge in [-0.3, -0.25) is 0 Å². The van der Waals surface area contributed by atoms with Gasteiger partial charge in [-0.15, -0.1) is 5.92 Å². The minimum atomic E-state index is 0.285. The maximum atomic E-state index is 4.06. The van der Waals surface area contributed by atoms with Crippen molar-refractivity contribution in [2.45, 2.75) is 32.6 Å². The second-order valence-electron chi connectivity index (χ2n) is 6.47. The van der Waals surface area contributed by atoms with Gasteiger partial charge in [0.05, 0.1) is 0 Å². The molecule has 1 nitrogen and oxygen atoms in total. The van der Waals surface area contributed by atoms with E-state index in [0.29, 0.717) is 0 Å². The highest BCUT2D eigenvalue weighted by Crippen LogP contribution is 2.30. The zero-order valence-corrected chi connectivity index (χ0v) is 15.1. The molecule has 126 valence electrons. The van der Waals surface area contributed by atoms with E-state index in [1.54, 1.807) is 0 Å². The Morgan fingerprint density at radius 3 is 2.92 bits per heavy atom. The lowest BCUT2D eigenvalue weighted by Crippen LogP contribution is -2.06. The molecule has 0 aromatic heterocycles. The summed E-state index contributed by atoms with van der Waals surface area (Å²) in [6, 6.07) is 8.66.